The molecule has 2 rings (SSSR count). The van der Waals surface area contributed by atoms with Crippen LogP contribution in [0.2, 0.25) is 0 Å². The van der Waals surface area contributed by atoms with Crippen molar-refractivity contribution in [2.45, 2.75) is 20.0 Å². The maximum absolute atomic E-state index is 13.1. The van der Waals surface area contributed by atoms with E-state index in [4.69, 9.17) is 0 Å². The maximum atomic E-state index is 13.1. The molecule has 88 valence electrons. The molecule has 2 aromatic rings. The highest BCUT2D eigenvalue weighted by Gasteiger charge is 2.11. The quantitative estimate of drug-likeness (QED) is 0.836. The van der Waals surface area contributed by atoms with Crippen molar-refractivity contribution < 1.29 is 9.50 Å². The summed E-state index contributed by atoms with van der Waals surface area (Å²) in [5.41, 5.74) is 3.56. The number of benzene rings is 2. The van der Waals surface area contributed by atoms with Gasteiger partial charge in [0, 0.05) is 0 Å². The van der Waals surface area contributed by atoms with Crippen molar-refractivity contribution in [3.63, 3.8) is 0 Å². The highest BCUT2D eigenvalue weighted by molar-refractivity contribution is 5.35. The summed E-state index contributed by atoms with van der Waals surface area (Å²) in [4.78, 5) is 0. The Labute approximate surface area is 101 Å². The van der Waals surface area contributed by atoms with Crippen LogP contribution in [-0.2, 0) is 0 Å². The van der Waals surface area contributed by atoms with Gasteiger partial charge < -0.3 is 5.11 Å². The second-order valence-electron chi connectivity index (χ2n) is 4.38. The Bertz CT molecular complexity index is 514. The third kappa shape index (κ3) is 2.71. The average molecular weight is 230 g/mol. The molecule has 0 aliphatic heterocycles. The molecule has 0 radical (unpaired) electrons. The van der Waals surface area contributed by atoms with Crippen LogP contribution in [0.1, 0.15) is 28.4 Å². The van der Waals surface area contributed by atoms with Crippen molar-refractivity contribution in [2.24, 2.45) is 0 Å². The molecule has 0 aliphatic carbocycles. The van der Waals surface area contributed by atoms with Gasteiger partial charge in [0.1, 0.15) is 11.9 Å². The highest BCUT2D eigenvalue weighted by Crippen LogP contribution is 2.24. The Morgan fingerprint density at radius 2 is 1.59 bits per heavy atom. The Morgan fingerprint density at radius 1 is 0.941 bits per heavy atom. The Hall–Kier alpha value is -1.67. The molecule has 2 aromatic carbocycles. The minimum Gasteiger partial charge on any atom is -0.384 e. The smallest absolute Gasteiger partial charge is 0.123 e. The minimum absolute atomic E-state index is 0.328. The fourth-order valence-corrected chi connectivity index (χ4v) is 2.04. The number of aliphatic hydroxyl groups excluding tert-OH is 1. The second kappa shape index (κ2) is 4.68. The van der Waals surface area contributed by atoms with Gasteiger partial charge in [-0.25, -0.2) is 4.39 Å². The van der Waals surface area contributed by atoms with Crippen LogP contribution in [0.25, 0.3) is 0 Å². The zero-order valence-electron chi connectivity index (χ0n) is 9.94. The molecule has 0 bridgehead atoms. The summed E-state index contributed by atoms with van der Waals surface area (Å²) >= 11 is 0. The van der Waals surface area contributed by atoms with Crippen LogP contribution < -0.4 is 0 Å². The van der Waals surface area contributed by atoms with Crippen LogP contribution in [0.4, 0.5) is 4.39 Å². The van der Waals surface area contributed by atoms with Gasteiger partial charge in [-0.1, -0.05) is 41.5 Å². The average Bonchev–Trinajstić information content (AvgIpc) is 2.26. The van der Waals surface area contributed by atoms with Gasteiger partial charge in [0.15, 0.2) is 0 Å². The van der Waals surface area contributed by atoms with Gasteiger partial charge in [-0.2, -0.15) is 0 Å². The van der Waals surface area contributed by atoms with Crippen molar-refractivity contribution in [3.8, 4) is 0 Å². The first kappa shape index (κ1) is 11.8. The van der Waals surface area contributed by atoms with Crippen LogP contribution in [0, 0.1) is 19.7 Å². The zero-order valence-corrected chi connectivity index (χ0v) is 9.94. The first-order chi connectivity index (χ1) is 8.06. The van der Waals surface area contributed by atoms with E-state index < -0.39 is 6.10 Å². The summed E-state index contributed by atoms with van der Waals surface area (Å²) in [5.74, 6) is -0.328. The van der Waals surface area contributed by atoms with Crippen LogP contribution in [-0.4, -0.2) is 5.11 Å². The van der Waals surface area contributed by atoms with Crippen LogP contribution in [0.5, 0.6) is 0 Å². The van der Waals surface area contributed by atoms with E-state index in [0.717, 1.165) is 16.7 Å². The number of aliphatic hydroxyl groups is 1. The lowest BCUT2D eigenvalue weighted by atomic mass is 9.98. The molecule has 0 fully saturated rings. The Kier molecular flexibility index (Phi) is 3.25. The van der Waals surface area contributed by atoms with E-state index in [9.17, 15) is 9.50 Å². The van der Waals surface area contributed by atoms with E-state index >= 15 is 0 Å². The largest absolute Gasteiger partial charge is 0.384 e. The molecule has 1 unspecified atom stereocenters. The highest BCUT2D eigenvalue weighted by atomic mass is 19.1. The molecule has 0 saturated heterocycles. The summed E-state index contributed by atoms with van der Waals surface area (Å²) in [6.07, 6.45) is -0.774. The van der Waals surface area contributed by atoms with E-state index in [1.165, 1.54) is 12.1 Å². The molecule has 1 atom stereocenters. The molecule has 0 aromatic heterocycles. The third-order valence-electron chi connectivity index (χ3n) is 2.72. The first-order valence-electron chi connectivity index (χ1n) is 5.58. The van der Waals surface area contributed by atoms with E-state index in [1.807, 2.05) is 32.0 Å². The van der Waals surface area contributed by atoms with E-state index in [2.05, 4.69) is 0 Å². The van der Waals surface area contributed by atoms with Gasteiger partial charge >= 0.3 is 0 Å². The number of halogens is 1. The van der Waals surface area contributed by atoms with Gasteiger partial charge in [-0.3, -0.25) is 0 Å². The summed E-state index contributed by atoms with van der Waals surface area (Å²) in [6, 6.07) is 12.0. The topological polar surface area (TPSA) is 20.2 Å². The standard InChI is InChI=1S/C15H15FO/c1-10-6-11(2)8-13(7-10)15(17)12-4-3-5-14(16)9-12/h3-9,15,17H,1-2H3. The second-order valence-corrected chi connectivity index (χ2v) is 4.38. The first-order valence-corrected chi connectivity index (χ1v) is 5.58. The normalized spacial score (nSPS) is 12.5. The monoisotopic (exact) mass is 230 g/mol. The molecule has 1 nitrogen and oxygen atoms in total. The molecule has 1 N–H and O–H groups in total. The predicted octanol–water partition coefficient (Wildman–Crippen LogP) is 3.52. The lowest BCUT2D eigenvalue weighted by Gasteiger charge is -2.13. The van der Waals surface area contributed by atoms with Crippen molar-refractivity contribution >= 4 is 0 Å². The molecule has 0 heterocycles. The molecule has 0 spiro atoms. The van der Waals surface area contributed by atoms with Crippen molar-refractivity contribution in [3.05, 3.63) is 70.5 Å². The summed E-state index contributed by atoms with van der Waals surface area (Å²) in [6.45, 7) is 3.96. The fourth-order valence-electron chi connectivity index (χ4n) is 2.04. The lowest BCUT2D eigenvalue weighted by Crippen LogP contribution is -2.01. The Morgan fingerprint density at radius 3 is 2.18 bits per heavy atom. The fraction of sp³-hybridized carbons (Fsp3) is 0.200. The molecular formula is C15H15FO. The van der Waals surface area contributed by atoms with Crippen LogP contribution >= 0.6 is 0 Å². The van der Waals surface area contributed by atoms with E-state index in [0.29, 0.717) is 5.56 Å². The van der Waals surface area contributed by atoms with E-state index in [-0.39, 0.29) is 5.82 Å². The molecule has 0 saturated carbocycles. The SMILES string of the molecule is Cc1cc(C)cc(C(O)c2cccc(F)c2)c1. The minimum atomic E-state index is -0.774. The number of rotatable bonds is 2. The van der Waals surface area contributed by atoms with Crippen LogP contribution in [0.15, 0.2) is 42.5 Å². The lowest BCUT2D eigenvalue weighted by molar-refractivity contribution is 0.219. The van der Waals surface area contributed by atoms with Crippen molar-refractivity contribution in [1.29, 1.82) is 0 Å². The van der Waals surface area contributed by atoms with Crippen molar-refractivity contribution in [1.82, 2.24) is 0 Å². The molecule has 0 amide bonds. The summed E-state index contributed by atoms with van der Waals surface area (Å²) < 4.78 is 13.1. The van der Waals surface area contributed by atoms with Gasteiger partial charge in [0.25, 0.3) is 0 Å². The number of aryl methyl sites for hydroxylation is 2. The van der Waals surface area contributed by atoms with Gasteiger partial charge in [0.05, 0.1) is 0 Å². The molecular weight excluding hydrogens is 215 g/mol. The van der Waals surface area contributed by atoms with Gasteiger partial charge in [-0.15, -0.1) is 0 Å². The Balaban J connectivity index is 2.39. The zero-order chi connectivity index (χ0) is 12.4. The number of hydrogen-bond donors (Lipinski definition) is 1. The summed E-state index contributed by atoms with van der Waals surface area (Å²) in [5, 5.41) is 10.2. The van der Waals surface area contributed by atoms with Crippen LogP contribution in [0.3, 0.4) is 0 Å². The molecule has 17 heavy (non-hydrogen) atoms. The maximum Gasteiger partial charge on any atom is 0.123 e. The van der Waals surface area contributed by atoms with Gasteiger partial charge in [0.2, 0.25) is 0 Å². The van der Waals surface area contributed by atoms with Gasteiger partial charge in [-0.05, 0) is 37.1 Å². The van der Waals surface area contributed by atoms with E-state index in [1.54, 1.807) is 12.1 Å². The summed E-state index contributed by atoms with van der Waals surface area (Å²) in [7, 11) is 0. The number of hydrogen-bond acceptors (Lipinski definition) is 1. The van der Waals surface area contributed by atoms with Crippen molar-refractivity contribution in [2.75, 3.05) is 0 Å². The predicted molar refractivity (Wildman–Crippen MR) is 66.4 cm³/mol. The molecule has 0 aliphatic rings. The molecule has 2 heteroatoms. The third-order valence-corrected chi connectivity index (χ3v) is 2.72.